The SMILES string of the molecule is O=C(/C=C/c1ccc(Cl)c(Cl)c1)c1ccc(Cl)nc1. The fraction of sp³-hybridized carbons (Fsp3) is 0. The van der Waals surface area contributed by atoms with Gasteiger partial charge in [-0.2, -0.15) is 0 Å². The fourth-order valence-corrected chi connectivity index (χ4v) is 1.82. The molecule has 0 aliphatic rings. The number of hydrogen-bond acceptors (Lipinski definition) is 2. The van der Waals surface area contributed by atoms with Crippen molar-refractivity contribution in [2.24, 2.45) is 0 Å². The molecule has 19 heavy (non-hydrogen) atoms. The number of allylic oxidation sites excluding steroid dienone is 1. The van der Waals surface area contributed by atoms with E-state index in [2.05, 4.69) is 4.98 Å². The highest BCUT2D eigenvalue weighted by molar-refractivity contribution is 6.42. The van der Waals surface area contributed by atoms with Crippen molar-refractivity contribution in [2.75, 3.05) is 0 Å². The maximum Gasteiger partial charge on any atom is 0.187 e. The number of ketones is 1. The number of hydrogen-bond donors (Lipinski definition) is 0. The summed E-state index contributed by atoms with van der Waals surface area (Å²) in [4.78, 5) is 15.7. The number of carbonyl (C=O) groups is 1. The average molecular weight is 313 g/mol. The van der Waals surface area contributed by atoms with E-state index in [1.54, 1.807) is 36.4 Å². The van der Waals surface area contributed by atoms with Gasteiger partial charge in [-0.25, -0.2) is 4.98 Å². The number of rotatable bonds is 3. The molecule has 0 saturated carbocycles. The highest BCUT2D eigenvalue weighted by atomic mass is 35.5. The van der Waals surface area contributed by atoms with Crippen molar-refractivity contribution in [3.63, 3.8) is 0 Å². The Morgan fingerprint density at radius 3 is 2.47 bits per heavy atom. The normalized spacial score (nSPS) is 10.9. The first kappa shape index (κ1) is 14.1. The van der Waals surface area contributed by atoms with E-state index in [0.717, 1.165) is 5.56 Å². The van der Waals surface area contributed by atoms with E-state index in [-0.39, 0.29) is 5.78 Å². The molecular formula is C14H8Cl3NO. The first-order valence-corrected chi connectivity index (χ1v) is 6.48. The van der Waals surface area contributed by atoms with Crippen molar-refractivity contribution in [2.45, 2.75) is 0 Å². The van der Waals surface area contributed by atoms with Gasteiger partial charge in [-0.05, 0) is 35.9 Å². The molecule has 0 bridgehead atoms. The first-order chi connectivity index (χ1) is 9.06. The molecule has 1 aromatic heterocycles. The number of pyridine rings is 1. The average Bonchev–Trinajstić information content (AvgIpc) is 2.40. The predicted molar refractivity (Wildman–Crippen MR) is 79.1 cm³/mol. The van der Waals surface area contributed by atoms with E-state index >= 15 is 0 Å². The van der Waals surface area contributed by atoms with Gasteiger partial charge in [-0.1, -0.05) is 46.9 Å². The number of benzene rings is 1. The third-order valence-electron chi connectivity index (χ3n) is 2.38. The second kappa shape index (κ2) is 6.20. The molecular weight excluding hydrogens is 305 g/mol. The summed E-state index contributed by atoms with van der Waals surface area (Å²) in [5.74, 6) is -0.157. The van der Waals surface area contributed by atoms with Crippen LogP contribution in [0, 0.1) is 0 Å². The van der Waals surface area contributed by atoms with Gasteiger partial charge in [0.2, 0.25) is 0 Å². The van der Waals surface area contributed by atoms with Crippen molar-refractivity contribution in [3.05, 3.63) is 68.9 Å². The van der Waals surface area contributed by atoms with Crippen LogP contribution in [0.2, 0.25) is 15.2 Å². The van der Waals surface area contributed by atoms with Crippen LogP contribution in [0.5, 0.6) is 0 Å². The van der Waals surface area contributed by atoms with E-state index in [4.69, 9.17) is 34.8 Å². The standard InChI is InChI=1S/C14H8Cl3NO/c15-11-4-1-9(7-12(11)16)2-5-13(19)10-3-6-14(17)18-8-10/h1-8H/b5-2+. The Hall–Kier alpha value is -1.35. The third-order valence-corrected chi connectivity index (χ3v) is 3.35. The highest BCUT2D eigenvalue weighted by Gasteiger charge is 2.02. The van der Waals surface area contributed by atoms with Crippen LogP contribution in [0.3, 0.4) is 0 Å². The Labute approximate surface area is 125 Å². The first-order valence-electron chi connectivity index (χ1n) is 5.35. The molecule has 0 spiro atoms. The number of halogens is 3. The zero-order chi connectivity index (χ0) is 13.8. The van der Waals surface area contributed by atoms with E-state index in [1.807, 2.05) is 0 Å². The second-order valence-electron chi connectivity index (χ2n) is 3.74. The number of aromatic nitrogens is 1. The summed E-state index contributed by atoms with van der Waals surface area (Å²) in [6.45, 7) is 0. The van der Waals surface area contributed by atoms with E-state index < -0.39 is 0 Å². The molecule has 2 rings (SSSR count). The molecule has 2 nitrogen and oxygen atoms in total. The van der Waals surface area contributed by atoms with Crippen LogP contribution in [0.4, 0.5) is 0 Å². The van der Waals surface area contributed by atoms with Gasteiger partial charge in [-0.15, -0.1) is 0 Å². The molecule has 0 radical (unpaired) electrons. The number of nitrogens with zero attached hydrogens (tertiary/aromatic N) is 1. The molecule has 0 saturated heterocycles. The van der Waals surface area contributed by atoms with Gasteiger partial charge < -0.3 is 0 Å². The Balaban J connectivity index is 2.15. The van der Waals surface area contributed by atoms with Crippen molar-refractivity contribution < 1.29 is 4.79 Å². The minimum Gasteiger partial charge on any atom is -0.289 e. The summed E-state index contributed by atoms with van der Waals surface area (Å²) in [5.41, 5.74) is 1.27. The molecule has 0 atom stereocenters. The van der Waals surface area contributed by atoms with Crippen LogP contribution >= 0.6 is 34.8 Å². The van der Waals surface area contributed by atoms with Crippen LogP contribution in [0.15, 0.2) is 42.6 Å². The van der Waals surface area contributed by atoms with Crippen LogP contribution in [-0.4, -0.2) is 10.8 Å². The molecule has 0 aliphatic heterocycles. The minimum absolute atomic E-state index is 0.157. The molecule has 0 aliphatic carbocycles. The van der Waals surface area contributed by atoms with Gasteiger partial charge >= 0.3 is 0 Å². The smallest absolute Gasteiger partial charge is 0.187 e. The maximum atomic E-state index is 11.9. The Morgan fingerprint density at radius 1 is 1.05 bits per heavy atom. The highest BCUT2D eigenvalue weighted by Crippen LogP contribution is 2.23. The van der Waals surface area contributed by atoms with Crippen LogP contribution in [0.1, 0.15) is 15.9 Å². The van der Waals surface area contributed by atoms with Crippen molar-refractivity contribution in [1.29, 1.82) is 0 Å². The monoisotopic (exact) mass is 311 g/mol. The maximum absolute atomic E-state index is 11.9. The lowest BCUT2D eigenvalue weighted by Crippen LogP contribution is -1.94. The summed E-state index contributed by atoms with van der Waals surface area (Å²) in [5, 5.41) is 1.28. The van der Waals surface area contributed by atoms with Gasteiger partial charge in [0.25, 0.3) is 0 Å². The van der Waals surface area contributed by atoms with Crippen LogP contribution in [0.25, 0.3) is 6.08 Å². The Morgan fingerprint density at radius 2 is 1.84 bits per heavy atom. The van der Waals surface area contributed by atoms with Gasteiger partial charge in [0.1, 0.15) is 5.15 Å². The molecule has 5 heteroatoms. The lowest BCUT2D eigenvalue weighted by Gasteiger charge is -1.98. The molecule has 0 fully saturated rings. The van der Waals surface area contributed by atoms with Crippen molar-refractivity contribution in [3.8, 4) is 0 Å². The summed E-state index contributed by atoms with van der Waals surface area (Å²) >= 11 is 17.4. The molecule has 0 N–H and O–H groups in total. The van der Waals surface area contributed by atoms with E-state index in [1.165, 1.54) is 12.3 Å². The van der Waals surface area contributed by atoms with Crippen molar-refractivity contribution in [1.82, 2.24) is 4.98 Å². The lowest BCUT2D eigenvalue weighted by molar-refractivity contribution is 0.104. The molecule has 96 valence electrons. The number of carbonyl (C=O) groups excluding carboxylic acids is 1. The zero-order valence-electron chi connectivity index (χ0n) is 9.61. The van der Waals surface area contributed by atoms with Gasteiger partial charge in [0.05, 0.1) is 10.0 Å². The zero-order valence-corrected chi connectivity index (χ0v) is 11.9. The van der Waals surface area contributed by atoms with Crippen LogP contribution < -0.4 is 0 Å². The molecule has 2 aromatic rings. The molecule has 1 aromatic carbocycles. The third kappa shape index (κ3) is 3.80. The van der Waals surface area contributed by atoms with Crippen molar-refractivity contribution >= 4 is 46.7 Å². The predicted octanol–water partition coefficient (Wildman–Crippen LogP) is 4.94. The lowest BCUT2D eigenvalue weighted by atomic mass is 10.1. The Kier molecular flexibility index (Phi) is 4.59. The minimum atomic E-state index is -0.157. The summed E-state index contributed by atoms with van der Waals surface area (Å²) < 4.78 is 0. The van der Waals surface area contributed by atoms with Gasteiger partial charge in [-0.3, -0.25) is 4.79 Å². The molecule has 0 amide bonds. The van der Waals surface area contributed by atoms with Gasteiger partial charge in [0, 0.05) is 11.8 Å². The summed E-state index contributed by atoms with van der Waals surface area (Å²) in [7, 11) is 0. The summed E-state index contributed by atoms with van der Waals surface area (Å²) in [6.07, 6.45) is 4.55. The largest absolute Gasteiger partial charge is 0.289 e. The van der Waals surface area contributed by atoms with Gasteiger partial charge in [0.15, 0.2) is 5.78 Å². The van der Waals surface area contributed by atoms with E-state index in [0.29, 0.717) is 20.8 Å². The quantitative estimate of drug-likeness (QED) is 0.456. The fourth-order valence-electron chi connectivity index (χ4n) is 1.41. The molecule has 1 heterocycles. The second-order valence-corrected chi connectivity index (χ2v) is 4.94. The van der Waals surface area contributed by atoms with E-state index in [9.17, 15) is 4.79 Å². The summed E-state index contributed by atoms with van der Waals surface area (Å²) in [6, 6.07) is 8.34. The van der Waals surface area contributed by atoms with Crippen LogP contribution in [-0.2, 0) is 0 Å². The topological polar surface area (TPSA) is 30.0 Å². The Bertz CT molecular complexity index is 636. The molecule has 0 unspecified atom stereocenters.